The Morgan fingerprint density at radius 2 is 1.70 bits per heavy atom. The Morgan fingerprint density at radius 1 is 1.00 bits per heavy atom. The molecule has 2 saturated carbocycles. The summed E-state index contributed by atoms with van der Waals surface area (Å²) in [4.78, 5) is 0.552. The summed E-state index contributed by atoms with van der Waals surface area (Å²) in [7, 11) is 0. The minimum absolute atomic E-state index is 0.136. The van der Waals surface area contributed by atoms with Gasteiger partial charge in [-0.15, -0.1) is 0 Å². The highest BCUT2D eigenvalue weighted by Crippen LogP contribution is 2.45. The normalized spacial score (nSPS) is 31.6. The maximum atomic E-state index is 13.0. The summed E-state index contributed by atoms with van der Waals surface area (Å²) in [5.74, 6) is 2.67. The van der Waals surface area contributed by atoms with Crippen molar-refractivity contribution in [1.29, 1.82) is 0 Å². The molecule has 2 aliphatic carbocycles. The zero-order valence-corrected chi connectivity index (χ0v) is 13.6. The molecule has 2 fully saturated rings. The van der Waals surface area contributed by atoms with Crippen molar-refractivity contribution in [3.63, 3.8) is 0 Å². The lowest BCUT2D eigenvalue weighted by atomic mass is 9.66. The number of hydrogen-bond donors (Lipinski definition) is 0. The van der Waals surface area contributed by atoms with Gasteiger partial charge in [-0.2, -0.15) is 0 Å². The average Bonchev–Trinajstić information content (AvgIpc) is 2.49. The van der Waals surface area contributed by atoms with Crippen molar-refractivity contribution >= 4 is 15.9 Å². The summed E-state index contributed by atoms with van der Waals surface area (Å²) in [5.41, 5.74) is 1.25. The molecule has 0 bridgehead atoms. The third-order valence-electron chi connectivity index (χ3n) is 5.44. The minimum atomic E-state index is -0.136. The largest absolute Gasteiger partial charge is 0.207 e. The number of alkyl halides is 1. The number of rotatable bonds is 3. The van der Waals surface area contributed by atoms with Crippen LogP contribution in [0.4, 0.5) is 4.39 Å². The van der Waals surface area contributed by atoms with E-state index in [1.807, 2.05) is 12.1 Å². The van der Waals surface area contributed by atoms with E-state index in [2.05, 4.69) is 15.9 Å². The van der Waals surface area contributed by atoms with E-state index in [1.54, 1.807) is 12.1 Å². The van der Waals surface area contributed by atoms with E-state index in [4.69, 9.17) is 0 Å². The Bertz CT molecular complexity index is 428. The van der Waals surface area contributed by atoms with Crippen LogP contribution in [-0.4, -0.2) is 4.83 Å². The smallest absolute Gasteiger partial charge is 0.123 e. The van der Waals surface area contributed by atoms with Gasteiger partial charge in [-0.3, -0.25) is 0 Å². The second-order valence-electron chi connectivity index (χ2n) is 6.72. The van der Waals surface area contributed by atoms with Gasteiger partial charge in [0.1, 0.15) is 5.82 Å². The highest BCUT2D eigenvalue weighted by Gasteiger charge is 2.34. The van der Waals surface area contributed by atoms with Gasteiger partial charge in [0.2, 0.25) is 0 Å². The molecular formula is C18H24BrF. The Kier molecular flexibility index (Phi) is 4.80. The van der Waals surface area contributed by atoms with Crippen molar-refractivity contribution in [2.24, 2.45) is 17.8 Å². The standard InChI is InChI=1S/C18H24BrF/c19-18(11-13-5-9-17(20)10-6-13)16-8-7-14-3-1-2-4-15(14)12-16/h5-6,9-10,14-16,18H,1-4,7-8,11-12H2. The second kappa shape index (κ2) is 6.60. The third-order valence-corrected chi connectivity index (χ3v) is 6.51. The minimum Gasteiger partial charge on any atom is -0.207 e. The van der Waals surface area contributed by atoms with Crippen molar-refractivity contribution in [3.05, 3.63) is 35.6 Å². The number of fused-ring (bicyclic) bond motifs is 1. The summed E-state index contributed by atoms with van der Waals surface area (Å²) < 4.78 is 13.0. The van der Waals surface area contributed by atoms with Crippen molar-refractivity contribution in [3.8, 4) is 0 Å². The molecule has 1 aromatic rings. The molecule has 2 aliphatic rings. The molecule has 4 atom stereocenters. The Balaban J connectivity index is 1.57. The van der Waals surface area contributed by atoms with Gasteiger partial charge in [0.15, 0.2) is 0 Å². The van der Waals surface area contributed by atoms with Crippen LogP contribution in [0, 0.1) is 23.6 Å². The molecule has 20 heavy (non-hydrogen) atoms. The van der Waals surface area contributed by atoms with Gasteiger partial charge in [0.05, 0.1) is 0 Å². The molecule has 0 radical (unpaired) electrons. The number of halogens is 2. The molecule has 0 heterocycles. The Hall–Kier alpha value is -0.370. The summed E-state index contributed by atoms with van der Waals surface area (Å²) >= 11 is 3.92. The van der Waals surface area contributed by atoms with Crippen LogP contribution in [-0.2, 0) is 6.42 Å². The van der Waals surface area contributed by atoms with Gasteiger partial charge in [-0.25, -0.2) is 4.39 Å². The highest BCUT2D eigenvalue weighted by atomic mass is 79.9. The van der Waals surface area contributed by atoms with Crippen molar-refractivity contribution < 1.29 is 4.39 Å². The number of hydrogen-bond acceptors (Lipinski definition) is 0. The molecular weight excluding hydrogens is 315 g/mol. The molecule has 110 valence electrons. The molecule has 0 spiro atoms. The first-order valence-corrected chi connectivity index (χ1v) is 9.02. The predicted octanol–water partition coefficient (Wildman–Crippen LogP) is 5.74. The van der Waals surface area contributed by atoms with Crippen LogP contribution in [0.25, 0.3) is 0 Å². The molecule has 0 aromatic heterocycles. The molecule has 3 rings (SSSR count). The van der Waals surface area contributed by atoms with Crippen molar-refractivity contribution in [2.45, 2.75) is 56.2 Å². The van der Waals surface area contributed by atoms with Crippen LogP contribution in [0.1, 0.15) is 50.5 Å². The predicted molar refractivity (Wildman–Crippen MR) is 85.6 cm³/mol. The lowest BCUT2D eigenvalue weighted by Gasteiger charge is -2.41. The number of benzene rings is 1. The first-order valence-electron chi connectivity index (χ1n) is 8.11. The van der Waals surface area contributed by atoms with E-state index < -0.39 is 0 Å². The van der Waals surface area contributed by atoms with E-state index >= 15 is 0 Å². The zero-order chi connectivity index (χ0) is 13.9. The van der Waals surface area contributed by atoms with Gasteiger partial charge in [-0.1, -0.05) is 53.7 Å². The molecule has 0 N–H and O–H groups in total. The topological polar surface area (TPSA) is 0 Å². The van der Waals surface area contributed by atoms with Gasteiger partial charge in [-0.05, 0) is 61.1 Å². The molecule has 0 aliphatic heterocycles. The van der Waals surface area contributed by atoms with Crippen LogP contribution in [0.15, 0.2) is 24.3 Å². The van der Waals surface area contributed by atoms with Gasteiger partial charge < -0.3 is 0 Å². The van der Waals surface area contributed by atoms with Crippen molar-refractivity contribution in [1.82, 2.24) is 0 Å². The van der Waals surface area contributed by atoms with E-state index in [9.17, 15) is 4.39 Å². The fourth-order valence-corrected chi connectivity index (χ4v) is 5.10. The van der Waals surface area contributed by atoms with Gasteiger partial charge in [0, 0.05) is 4.83 Å². The van der Waals surface area contributed by atoms with Crippen LogP contribution < -0.4 is 0 Å². The first kappa shape index (κ1) is 14.6. The Labute approximate surface area is 130 Å². The van der Waals surface area contributed by atoms with Crippen LogP contribution in [0.3, 0.4) is 0 Å². The fraction of sp³-hybridized carbons (Fsp3) is 0.667. The van der Waals surface area contributed by atoms with E-state index in [0.717, 1.165) is 24.2 Å². The van der Waals surface area contributed by atoms with Crippen molar-refractivity contribution in [2.75, 3.05) is 0 Å². The molecule has 2 heteroatoms. The third kappa shape index (κ3) is 3.44. The summed E-state index contributed by atoms with van der Waals surface area (Å²) in [6.45, 7) is 0. The lowest BCUT2D eigenvalue weighted by molar-refractivity contribution is 0.129. The van der Waals surface area contributed by atoms with E-state index in [-0.39, 0.29) is 5.82 Å². The fourth-order valence-electron chi connectivity index (χ4n) is 4.25. The monoisotopic (exact) mass is 338 g/mol. The second-order valence-corrected chi connectivity index (χ2v) is 7.90. The summed E-state index contributed by atoms with van der Waals surface area (Å²) in [5, 5.41) is 0. The van der Waals surface area contributed by atoms with E-state index in [0.29, 0.717) is 4.83 Å². The van der Waals surface area contributed by atoms with Gasteiger partial charge in [0.25, 0.3) is 0 Å². The summed E-state index contributed by atoms with van der Waals surface area (Å²) in [6.07, 6.45) is 11.1. The Morgan fingerprint density at radius 3 is 2.45 bits per heavy atom. The lowest BCUT2D eigenvalue weighted by Crippen LogP contribution is -2.32. The molecule has 0 saturated heterocycles. The van der Waals surface area contributed by atoms with E-state index in [1.165, 1.54) is 50.5 Å². The molecule has 1 aromatic carbocycles. The average molecular weight is 339 g/mol. The zero-order valence-electron chi connectivity index (χ0n) is 12.0. The van der Waals surface area contributed by atoms with Crippen LogP contribution in [0.2, 0.25) is 0 Å². The highest BCUT2D eigenvalue weighted by molar-refractivity contribution is 9.09. The molecule has 4 unspecified atom stereocenters. The van der Waals surface area contributed by atoms with Crippen LogP contribution >= 0.6 is 15.9 Å². The summed E-state index contributed by atoms with van der Waals surface area (Å²) in [6, 6.07) is 7.01. The molecule has 0 nitrogen and oxygen atoms in total. The maximum absolute atomic E-state index is 13.0. The van der Waals surface area contributed by atoms with Crippen LogP contribution in [0.5, 0.6) is 0 Å². The molecule has 0 amide bonds. The van der Waals surface area contributed by atoms with Gasteiger partial charge >= 0.3 is 0 Å². The quantitative estimate of drug-likeness (QED) is 0.616. The first-order chi connectivity index (χ1) is 9.72. The maximum Gasteiger partial charge on any atom is 0.123 e. The SMILES string of the molecule is Fc1ccc(CC(Br)C2CCC3CCCCC3C2)cc1.